The van der Waals surface area contributed by atoms with Gasteiger partial charge in [0.25, 0.3) is 0 Å². The van der Waals surface area contributed by atoms with E-state index >= 15 is 0 Å². The lowest BCUT2D eigenvalue weighted by Gasteiger charge is -2.37. The third-order valence-corrected chi connectivity index (χ3v) is 5.67. The van der Waals surface area contributed by atoms with Crippen LogP contribution in [0.25, 0.3) is 0 Å². The van der Waals surface area contributed by atoms with E-state index in [1.165, 1.54) is 37.4 Å². The van der Waals surface area contributed by atoms with Crippen LogP contribution >= 0.6 is 11.6 Å². The number of benzene rings is 2. The highest BCUT2D eigenvalue weighted by Gasteiger charge is 2.36. The molecule has 3 rings (SSSR count). The van der Waals surface area contributed by atoms with Gasteiger partial charge < -0.3 is 9.84 Å². The Kier molecular flexibility index (Phi) is 6.57. The van der Waals surface area contributed by atoms with Crippen LogP contribution in [0.1, 0.15) is 35.6 Å². The predicted molar refractivity (Wildman–Crippen MR) is 103 cm³/mol. The lowest BCUT2D eigenvalue weighted by atomic mass is 9.90. The number of aliphatic carboxylic acids is 1. The molecule has 1 atom stereocenters. The maximum Gasteiger partial charge on any atom is 0.417 e. The Hall–Kier alpha value is -2.32. The van der Waals surface area contributed by atoms with Crippen molar-refractivity contribution in [3.8, 4) is 5.75 Å². The van der Waals surface area contributed by atoms with Gasteiger partial charge in [0.15, 0.2) is 0 Å². The Morgan fingerprint density at radius 1 is 1.20 bits per heavy atom. The maximum absolute atomic E-state index is 14.1. The molecule has 1 aliphatic rings. The second-order valence-corrected chi connectivity index (χ2v) is 7.58. The molecule has 1 saturated heterocycles. The molecule has 1 unspecified atom stereocenters. The minimum absolute atomic E-state index is 0.268. The van der Waals surface area contributed by atoms with Crippen molar-refractivity contribution in [1.82, 2.24) is 4.90 Å². The Bertz CT molecular complexity index is 927. The minimum Gasteiger partial charge on any atom is -0.496 e. The molecule has 2 aromatic carbocycles. The predicted octanol–water partition coefficient (Wildman–Crippen LogP) is 5.39. The van der Waals surface area contributed by atoms with Gasteiger partial charge in [-0.3, -0.25) is 9.69 Å². The van der Waals surface area contributed by atoms with Gasteiger partial charge in [-0.05, 0) is 61.8 Å². The fourth-order valence-electron chi connectivity index (χ4n) is 3.84. The summed E-state index contributed by atoms with van der Waals surface area (Å²) in [5.74, 6) is -1.65. The highest BCUT2D eigenvalue weighted by molar-refractivity contribution is 6.31. The van der Waals surface area contributed by atoms with Gasteiger partial charge in [-0.15, -0.1) is 0 Å². The summed E-state index contributed by atoms with van der Waals surface area (Å²) in [5.41, 5.74) is -0.353. The highest BCUT2D eigenvalue weighted by atomic mass is 35.5. The van der Waals surface area contributed by atoms with Crippen molar-refractivity contribution in [2.75, 3.05) is 20.2 Å². The monoisotopic (exact) mass is 445 g/mol. The number of carboxylic acid groups (broad SMARTS) is 1. The number of piperidine rings is 1. The molecular formula is C21H20ClF4NO3. The number of carbonyl (C=O) groups is 1. The van der Waals surface area contributed by atoms with Crippen LogP contribution in [0.2, 0.25) is 5.02 Å². The Labute approximate surface area is 176 Å². The van der Waals surface area contributed by atoms with Crippen LogP contribution in [0, 0.1) is 11.7 Å². The summed E-state index contributed by atoms with van der Waals surface area (Å²) in [6.45, 7) is 0.649. The van der Waals surface area contributed by atoms with Gasteiger partial charge in [-0.1, -0.05) is 17.7 Å². The molecule has 0 spiro atoms. The van der Waals surface area contributed by atoms with Crippen LogP contribution in [0.4, 0.5) is 17.6 Å². The number of hydrogen-bond acceptors (Lipinski definition) is 3. The molecule has 0 aliphatic carbocycles. The number of methoxy groups -OCH3 is 1. The normalized spacial score (nSPS) is 17.0. The van der Waals surface area contributed by atoms with E-state index in [-0.39, 0.29) is 5.56 Å². The van der Waals surface area contributed by atoms with Crippen LogP contribution < -0.4 is 4.74 Å². The van der Waals surface area contributed by atoms with Gasteiger partial charge in [-0.25, -0.2) is 4.39 Å². The third kappa shape index (κ3) is 4.70. The molecule has 1 fully saturated rings. The Morgan fingerprint density at radius 3 is 2.43 bits per heavy atom. The van der Waals surface area contributed by atoms with Gasteiger partial charge in [0.05, 0.1) is 29.7 Å². The second-order valence-electron chi connectivity index (χ2n) is 7.17. The highest BCUT2D eigenvalue weighted by Crippen LogP contribution is 2.41. The standard InChI is InChI=1S/C21H20ClF4NO3/c1-30-18-5-3-14(23)11-15(18)19(27-8-6-12(7-9-27)20(28)29)13-2-4-17(22)16(10-13)21(24,25)26/h2-5,10-12,19H,6-9H2,1H3,(H,28,29). The molecule has 4 nitrogen and oxygen atoms in total. The van der Waals surface area contributed by atoms with E-state index in [1.54, 1.807) is 0 Å². The van der Waals surface area contributed by atoms with E-state index in [2.05, 4.69) is 0 Å². The number of halogens is 5. The van der Waals surface area contributed by atoms with E-state index < -0.39 is 40.5 Å². The van der Waals surface area contributed by atoms with Crippen LogP contribution in [0.3, 0.4) is 0 Å². The number of hydrogen-bond donors (Lipinski definition) is 1. The summed E-state index contributed by atoms with van der Waals surface area (Å²) in [4.78, 5) is 13.1. The second kappa shape index (κ2) is 8.81. The first-order valence-electron chi connectivity index (χ1n) is 9.28. The van der Waals surface area contributed by atoms with E-state index in [1.807, 2.05) is 4.90 Å². The zero-order valence-electron chi connectivity index (χ0n) is 16.0. The van der Waals surface area contributed by atoms with Crippen molar-refractivity contribution in [1.29, 1.82) is 0 Å². The zero-order valence-corrected chi connectivity index (χ0v) is 16.8. The van der Waals surface area contributed by atoms with Gasteiger partial charge >= 0.3 is 12.1 Å². The van der Waals surface area contributed by atoms with Crippen molar-refractivity contribution >= 4 is 17.6 Å². The first-order valence-corrected chi connectivity index (χ1v) is 9.66. The molecule has 1 heterocycles. The molecule has 1 aliphatic heterocycles. The molecule has 0 bridgehead atoms. The van der Waals surface area contributed by atoms with E-state index in [0.717, 1.165) is 6.07 Å². The molecule has 0 radical (unpaired) electrons. The molecule has 30 heavy (non-hydrogen) atoms. The first-order chi connectivity index (χ1) is 14.1. The van der Waals surface area contributed by atoms with Crippen LogP contribution in [-0.4, -0.2) is 36.2 Å². The number of rotatable bonds is 5. The number of ether oxygens (including phenoxy) is 1. The SMILES string of the molecule is COc1ccc(F)cc1C(c1ccc(Cl)c(C(F)(F)F)c1)N1CCC(C(=O)O)CC1. The third-order valence-electron chi connectivity index (χ3n) is 5.34. The van der Waals surface area contributed by atoms with Crippen molar-refractivity contribution in [3.05, 3.63) is 63.9 Å². The van der Waals surface area contributed by atoms with Crippen molar-refractivity contribution in [3.63, 3.8) is 0 Å². The minimum atomic E-state index is -4.65. The molecule has 0 saturated carbocycles. The molecule has 1 N–H and O–H groups in total. The van der Waals surface area contributed by atoms with Gasteiger partial charge in [-0.2, -0.15) is 13.2 Å². The van der Waals surface area contributed by atoms with Crippen LogP contribution in [0.5, 0.6) is 5.75 Å². The summed E-state index contributed by atoms with van der Waals surface area (Å²) in [6, 6.07) is 6.69. The van der Waals surface area contributed by atoms with E-state index in [9.17, 15) is 27.5 Å². The molecule has 9 heteroatoms. The Morgan fingerprint density at radius 2 is 1.87 bits per heavy atom. The summed E-state index contributed by atoms with van der Waals surface area (Å²) >= 11 is 5.77. The molecule has 0 amide bonds. The molecular weight excluding hydrogens is 426 g/mol. The lowest BCUT2D eigenvalue weighted by molar-refractivity contribution is -0.143. The molecule has 2 aromatic rings. The number of alkyl halides is 3. The van der Waals surface area contributed by atoms with Crippen LogP contribution in [0.15, 0.2) is 36.4 Å². The largest absolute Gasteiger partial charge is 0.496 e. The summed E-state index contributed by atoms with van der Waals surface area (Å²) in [6.07, 6.45) is -3.98. The van der Waals surface area contributed by atoms with Crippen molar-refractivity contribution in [2.24, 2.45) is 5.92 Å². The fraction of sp³-hybridized carbons (Fsp3) is 0.381. The topological polar surface area (TPSA) is 49.8 Å². The summed E-state index contributed by atoms with van der Waals surface area (Å²) in [5, 5.41) is 8.81. The average Bonchev–Trinajstić information content (AvgIpc) is 2.69. The van der Waals surface area contributed by atoms with Gasteiger partial charge in [0.1, 0.15) is 11.6 Å². The Balaban J connectivity index is 2.10. The van der Waals surface area contributed by atoms with Gasteiger partial charge in [0.2, 0.25) is 0 Å². The molecule has 162 valence electrons. The zero-order chi connectivity index (χ0) is 22.1. The van der Waals surface area contributed by atoms with E-state index in [4.69, 9.17) is 16.3 Å². The quantitative estimate of drug-likeness (QED) is 0.627. The van der Waals surface area contributed by atoms with Crippen molar-refractivity contribution in [2.45, 2.75) is 25.1 Å². The van der Waals surface area contributed by atoms with E-state index in [0.29, 0.717) is 37.2 Å². The number of nitrogens with zero attached hydrogens (tertiary/aromatic N) is 1. The maximum atomic E-state index is 14.1. The first kappa shape index (κ1) is 22.4. The lowest BCUT2D eigenvalue weighted by Crippen LogP contribution is -2.39. The summed E-state index contributed by atoms with van der Waals surface area (Å²) < 4.78 is 59.7. The number of carboxylic acids is 1. The smallest absolute Gasteiger partial charge is 0.417 e. The summed E-state index contributed by atoms with van der Waals surface area (Å²) in [7, 11) is 1.40. The van der Waals surface area contributed by atoms with Crippen molar-refractivity contribution < 1.29 is 32.2 Å². The fourth-order valence-corrected chi connectivity index (χ4v) is 4.07. The van der Waals surface area contributed by atoms with Crippen LogP contribution in [-0.2, 0) is 11.0 Å². The van der Waals surface area contributed by atoms with Gasteiger partial charge in [0, 0.05) is 5.56 Å². The average molecular weight is 446 g/mol. The molecule has 0 aromatic heterocycles. The number of likely N-dealkylation sites (tertiary alicyclic amines) is 1.